The summed E-state index contributed by atoms with van der Waals surface area (Å²) in [5.74, 6) is -0.846. The lowest BCUT2D eigenvalue weighted by Crippen LogP contribution is -2.22. The molecule has 0 bridgehead atoms. The number of ether oxygens (including phenoxy) is 1. The predicted molar refractivity (Wildman–Crippen MR) is 124 cm³/mol. The van der Waals surface area contributed by atoms with Gasteiger partial charge in [0.15, 0.2) is 27.7 Å². The van der Waals surface area contributed by atoms with E-state index in [9.17, 15) is 13.6 Å². The number of thiazole rings is 1. The van der Waals surface area contributed by atoms with Gasteiger partial charge in [-0.1, -0.05) is 23.9 Å². The number of thioether (sulfide) groups is 1. The van der Waals surface area contributed by atoms with Crippen LogP contribution in [0, 0.1) is 11.6 Å². The number of nitrogens with one attached hydrogen (secondary N) is 1. The smallest absolute Gasteiger partial charge is 0.239 e. The fourth-order valence-corrected chi connectivity index (χ4v) is 4.56. The molecule has 1 N–H and O–H groups in total. The Hall–Kier alpha value is -3.31. The van der Waals surface area contributed by atoms with Crippen molar-refractivity contribution in [1.29, 1.82) is 0 Å². The largest absolute Gasteiger partial charge is 0.496 e. The summed E-state index contributed by atoms with van der Waals surface area (Å²) < 4.78 is 33.8. The van der Waals surface area contributed by atoms with Crippen LogP contribution >= 0.6 is 23.1 Å². The average Bonchev–Trinajstić information content (AvgIpc) is 3.42. The molecule has 0 fully saturated rings. The molecule has 0 radical (unpaired) electrons. The molecule has 0 spiro atoms. The Kier molecular flexibility index (Phi) is 6.70. The molecule has 1 atom stereocenters. The van der Waals surface area contributed by atoms with E-state index < -0.39 is 16.9 Å². The first-order chi connectivity index (χ1) is 15.9. The number of carbonyl (C=O) groups excluding carboxylic acids is 1. The highest BCUT2D eigenvalue weighted by molar-refractivity contribution is 8.00. The molecule has 0 aliphatic rings. The Morgan fingerprint density at radius 1 is 1.18 bits per heavy atom. The third kappa shape index (κ3) is 4.88. The molecule has 7 nitrogen and oxygen atoms in total. The average molecular weight is 488 g/mol. The lowest BCUT2D eigenvalue weighted by molar-refractivity contribution is -0.115. The maximum atomic E-state index is 13.5. The number of rotatable bonds is 7. The van der Waals surface area contributed by atoms with Crippen LogP contribution in [0.4, 0.5) is 13.9 Å². The van der Waals surface area contributed by atoms with Gasteiger partial charge in [-0.2, -0.15) is 0 Å². The zero-order valence-corrected chi connectivity index (χ0v) is 19.5. The van der Waals surface area contributed by atoms with Crippen molar-refractivity contribution in [3.8, 4) is 28.4 Å². The number of halogens is 2. The molecule has 4 rings (SSSR count). The highest BCUT2D eigenvalue weighted by Gasteiger charge is 2.21. The van der Waals surface area contributed by atoms with Crippen molar-refractivity contribution in [1.82, 2.24) is 19.7 Å². The van der Waals surface area contributed by atoms with Crippen LogP contribution in [0.2, 0.25) is 0 Å². The zero-order valence-electron chi connectivity index (χ0n) is 17.9. The molecular formula is C22H19F2N5O2S2. The number of hydrogen-bond acceptors (Lipinski definition) is 7. The van der Waals surface area contributed by atoms with Crippen molar-refractivity contribution in [2.24, 2.45) is 7.05 Å². The minimum absolute atomic E-state index is 0.270. The lowest BCUT2D eigenvalue weighted by atomic mass is 10.2. The van der Waals surface area contributed by atoms with Crippen molar-refractivity contribution in [3.63, 3.8) is 0 Å². The number of aromatic nitrogens is 4. The molecule has 170 valence electrons. The number of para-hydroxylation sites is 1. The Balaban J connectivity index is 1.44. The van der Waals surface area contributed by atoms with Gasteiger partial charge in [0.2, 0.25) is 5.91 Å². The second-order valence-electron chi connectivity index (χ2n) is 6.98. The van der Waals surface area contributed by atoms with Crippen LogP contribution in [-0.2, 0) is 11.8 Å². The molecule has 2 heterocycles. The van der Waals surface area contributed by atoms with Crippen LogP contribution in [0.3, 0.4) is 0 Å². The molecular weight excluding hydrogens is 468 g/mol. The minimum Gasteiger partial charge on any atom is -0.496 e. The van der Waals surface area contributed by atoms with E-state index >= 15 is 0 Å². The van der Waals surface area contributed by atoms with Crippen LogP contribution in [-0.4, -0.2) is 38.0 Å². The molecule has 2 aromatic heterocycles. The van der Waals surface area contributed by atoms with Crippen molar-refractivity contribution < 1.29 is 18.3 Å². The van der Waals surface area contributed by atoms with E-state index in [1.54, 1.807) is 24.0 Å². The summed E-state index contributed by atoms with van der Waals surface area (Å²) in [6.45, 7) is 1.75. The Bertz CT molecular complexity index is 1310. The first kappa shape index (κ1) is 22.9. The fourth-order valence-electron chi connectivity index (χ4n) is 3.02. The first-order valence-electron chi connectivity index (χ1n) is 9.78. The van der Waals surface area contributed by atoms with Crippen LogP contribution in [0.1, 0.15) is 6.92 Å². The molecule has 2 aromatic carbocycles. The van der Waals surface area contributed by atoms with Gasteiger partial charge in [0, 0.05) is 18.0 Å². The van der Waals surface area contributed by atoms with E-state index in [1.807, 2.05) is 31.3 Å². The number of methoxy groups -OCH3 is 1. The van der Waals surface area contributed by atoms with Gasteiger partial charge in [-0.3, -0.25) is 4.79 Å². The summed E-state index contributed by atoms with van der Waals surface area (Å²) in [5, 5.41) is 13.3. The van der Waals surface area contributed by atoms with Gasteiger partial charge in [-0.05, 0) is 37.3 Å². The number of amides is 1. The van der Waals surface area contributed by atoms with Gasteiger partial charge in [0.05, 0.1) is 23.6 Å². The van der Waals surface area contributed by atoms with Crippen molar-refractivity contribution in [3.05, 3.63) is 59.5 Å². The normalized spacial score (nSPS) is 11.9. The molecule has 1 amide bonds. The molecule has 0 aliphatic heterocycles. The van der Waals surface area contributed by atoms with Gasteiger partial charge < -0.3 is 14.6 Å². The topological polar surface area (TPSA) is 81.9 Å². The molecule has 33 heavy (non-hydrogen) atoms. The predicted octanol–water partition coefficient (Wildman–Crippen LogP) is 5.01. The van der Waals surface area contributed by atoms with E-state index in [1.165, 1.54) is 29.2 Å². The summed E-state index contributed by atoms with van der Waals surface area (Å²) in [7, 11) is 3.41. The van der Waals surface area contributed by atoms with Crippen LogP contribution in [0.5, 0.6) is 5.75 Å². The summed E-state index contributed by atoms with van der Waals surface area (Å²) in [6, 6.07) is 11.0. The summed E-state index contributed by atoms with van der Waals surface area (Å²) in [6.07, 6.45) is 0. The van der Waals surface area contributed by atoms with Crippen LogP contribution in [0.15, 0.2) is 53.0 Å². The summed E-state index contributed by atoms with van der Waals surface area (Å²) >= 11 is 2.45. The van der Waals surface area contributed by atoms with E-state index in [4.69, 9.17) is 4.74 Å². The standard InChI is InChI=1S/C22H19F2N5O2S2/c1-12(33-22-28-27-19(29(22)2)14-6-4-5-7-18(14)31-3)20(30)26-21-25-17(11-32-21)13-8-9-15(23)16(24)10-13/h4-12H,1-3H3,(H,25,26,30). The lowest BCUT2D eigenvalue weighted by Gasteiger charge is -2.11. The van der Waals surface area contributed by atoms with Gasteiger partial charge in [0.25, 0.3) is 0 Å². The van der Waals surface area contributed by atoms with Crippen molar-refractivity contribution in [2.75, 3.05) is 12.4 Å². The SMILES string of the molecule is COc1ccccc1-c1nnc(SC(C)C(=O)Nc2nc(-c3ccc(F)c(F)c3)cs2)n1C. The number of carbonyl (C=O) groups is 1. The third-order valence-electron chi connectivity index (χ3n) is 4.78. The van der Waals surface area contributed by atoms with Gasteiger partial charge in [0.1, 0.15) is 5.75 Å². The fraction of sp³-hybridized carbons (Fsp3) is 0.182. The number of benzene rings is 2. The number of hydrogen-bond donors (Lipinski definition) is 1. The third-order valence-corrected chi connectivity index (χ3v) is 6.68. The van der Waals surface area contributed by atoms with Gasteiger partial charge in [-0.15, -0.1) is 21.5 Å². The maximum absolute atomic E-state index is 13.5. The molecule has 1 unspecified atom stereocenters. The Morgan fingerprint density at radius 2 is 1.97 bits per heavy atom. The van der Waals surface area contributed by atoms with Crippen molar-refractivity contribution >= 4 is 34.1 Å². The summed E-state index contributed by atoms with van der Waals surface area (Å²) in [5.41, 5.74) is 1.67. The van der Waals surface area contributed by atoms with E-state index in [0.717, 1.165) is 17.7 Å². The zero-order chi connectivity index (χ0) is 23.5. The van der Waals surface area contributed by atoms with E-state index in [2.05, 4.69) is 20.5 Å². The quantitative estimate of drug-likeness (QED) is 0.369. The van der Waals surface area contributed by atoms with Crippen molar-refractivity contribution in [2.45, 2.75) is 17.3 Å². The summed E-state index contributed by atoms with van der Waals surface area (Å²) in [4.78, 5) is 17.0. The Morgan fingerprint density at radius 3 is 2.73 bits per heavy atom. The van der Waals surface area contributed by atoms with Gasteiger partial charge >= 0.3 is 0 Å². The molecule has 0 aliphatic carbocycles. The number of nitrogens with zero attached hydrogens (tertiary/aromatic N) is 4. The first-order valence-corrected chi connectivity index (χ1v) is 11.5. The second kappa shape index (κ2) is 9.67. The number of anilines is 1. The molecule has 0 saturated heterocycles. The maximum Gasteiger partial charge on any atom is 0.239 e. The second-order valence-corrected chi connectivity index (χ2v) is 9.15. The highest BCUT2D eigenvalue weighted by Crippen LogP contribution is 2.32. The molecule has 11 heteroatoms. The molecule has 0 saturated carbocycles. The monoisotopic (exact) mass is 487 g/mol. The minimum atomic E-state index is -0.952. The Labute approximate surface area is 196 Å². The van der Waals surface area contributed by atoms with Crippen LogP contribution in [0.25, 0.3) is 22.6 Å². The van der Waals surface area contributed by atoms with E-state index in [-0.39, 0.29) is 5.91 Å². The van der Waals surface area contributed by atoms with Crippen LogP contribution < -0.4 is 10.1 Å². The highest BCUT2D eigenvalue weighted by atomic mass is 32.2. The van der Waals surface area contributed by atoms with E-state index in [0.29, 0.717) is 33.1 Å². The molecule has 4 aromatic rings. The van der Waals surface area contributed by atoms with Gasteiger partial charge in [-0.25, -0.2) is 13.8 Å².